The molecule has 0 spiro atoms. The Kier molecular flexibility index (Phi) is 7.01. The first-order chi connectivity index (χ1) is 11.7. The van der Waals surface area contributed by atoms with Gasteiger partial charge in [-0.05, 0) is 23.5 Å². The molecule has 0 aliphatic carbocycles. The van der Waals surface area contributed by atoms with E-state index >= 15 is 0 Å². The second-order valence-corrected chi connectivity index (χ2v) is 5.48. The van der Waals surface area contributed by atoms with Gasteiger partial charge in [-0.1, -0.05) is 38.1 Å². The van der Waals surface area contributed by atoms with Gasteiger partial charge < -0.3 is 9.97 Å². The molecule has 3 aromatic rings. The van der Waals surface area contributed by atoms with E-state index in [1.54, 1.807) is 12.4 Å². The van der Waals surface area contributed by atoms with Gasteiger partial charge in [-0.25, -0.2) is 11.1 Å². The Labute approximate surface area is 163 Å². The summed E-state index contributed by atoms with van der Waals surface area (Å²) in [5, 5.41) is 0. The summed E-state index contributed by atoms with van der Waals surface area (Å²) < 4.78 is 0. The Balaban J connectivity index is 0.00000225. The summed E-state index contributed by atoms with van der Waals surface area (Å²) >= 11 is 0. The van der Waals surface area contributed by atoms with Crippen LogP contribution in [0, 0.1) is 12.2 Å². The Morgan fingerprint density at radius 3 is 1.40 bits per heavy atom. The standard InChI is InChI=1S/C22H18N2.Pd/c1-17(21-11-5-7-13-23-21)15-19-9-3-4-10-20(19)16-18(2)22-12-6-8-14-24-22;/h3-14H,1-2H3;/q-2;+2. The molecule has 0 aliphatic heterocycles. The zero-order valence-corrected chi connectivity index (χ0v) is 15.7. The van der Waals surface area contributed by atoms with Gasteiger partial charge in [0.2, 0.25) is 0 Å². The van der Waals surface area contributed by atoms with Crippen molar-refractivity contribution >= 4 is 11.1 Å². The number of nitrogens with zero attached hydrogens (tertiary/aromatic N) is 2. The van der Waals surface area contributed by atoms with Crippen LogP contribution in [0.25, 0.3) is 11.1 Å². The fraction of sp³-hybridized carbons (Fsp3) is 0.0909. The van der Waals surface area contributed by atoms with E-state index in [2.05, 4.69) is 22.1 Å². The smallest absolute Gasteiger partial charge is 0.304 e. The third-order valence-electron chi connectivity index (χ3n) is 3.67. The van der Waals surface area contributed by atoms with Crippen LogP contribution in [0.15, 0.2) is 73.1 Å². The molecular formula is C22H18N2Pd. The average molecular weight is 417 g/mol. The molecule has 0 atom stereocenters. The summed E-state index contributed by atoms with van der Waals surface area (Å²) in [6.07, 6.45) is 10.5. The predicted molar refractivity (Wildman–Crippen MR) is 97.8 cm³/mol. The third kappa shape index (κ3) is 5.07. The van der Waals surface area contributed by atoms with Crippen molar-refractivity contribution in [1.82, 2.24) is 9.97 Å². The van der Waals surface area contributed by atoms with Crippen molar-refractivity contribution < 1.29 is 20.4 Å². The first-order valence-electron chi connectivity index (χ1n) is 7.87. The number of allylic oxidation sites excluding steroid dienone is 2. The molecule has 0 N–H and O–H groups in total. The Morgan fingerprint density at radius 1 is 0.640 bits per heavy atom. The van der Waals surface area contributed by atoms with Gasteiger partial charge in [-0.2, -0.15) is 24.3 Å². The van der Waals surface area contributed by atoms with E-state index in [1.807, 2.05) is 74.5 Å². The number of hydrogen-bond acceptors (Lipinski definition) is 2. The molecule has 0 saturated carbocycles. The van der Waals surface area contributed by atoms with Crippen molar-refractivity contribution in [1.29, 1.82) is 0 Å². The van der Waals surface area contributed by atoms with Crippen LogP contribution in [0.3, 0.4) is 0 Å². The molecule has 3 heteroatoms. The zero-order chi connectivity index (χ0) is 16.8. The second kappa shape index (κ2) is 9.23. The van der Waals surface area contributed by atoms with E-state index in [0.717, 1.165) is 33.7 Å². The first kappa shape index (κ1) is 19.0. The molecule has 2 nitrogen and oxygen atoms in total. The summed E-state index contributed by atoms with van der Waals surface area (Å²) in [6.45, 7) is 4.04. The Hall–Kier alpha value is -2.34. The van der Waals surface area contributed by atoms with Crippen molar-refractivity contribution in [3.63, 3.8) is 0 Å². The molecule has 0 fully saturated rings. The van der Waals surface area contributed by atoms with Gasteiger partial charge in [-0.15, -0.1) is 23.3 Å². The third-order valence-corrected chi connectivity index (χ3v) is 3.67. The van der Waals surface area contributed by atoms with Gasteiger partial charge in [0.15, 0.2) is 0 Å². The summed E-state index contributed by atoms with van der Waals surface area (Å²) in [4.78, 5) is 8.76. The van der Waals surface area contributed by atoms with Crippen molar-refractivity contribution in [3.05, 3.63) is 108 Å². The number of benzene rings is 1. The van der Waals surface area contributed by atoms with Crippen LogP contribution < -0.4 is 0 Å². The molecule has 1 aromatic carbocycles. The van der Waals surface area contributed by atoms with E-state index in [-0.39, 0.29) is 20.4 Å². The van der Waals surface area contributed by atoms with Crippen molar-refractivity contribution in [2.45, 2.75) is 13.8 Å². The second-order valence-electron chi connectivity index (χ2n) is 5.48. The SMILES string of the molecule is CC(=[C-]c1ccccc1[C-]=C(C)c1ccccn1)c1ccccn1.[Pd+2]. The van der Waals surface area contributed by atoms with Crippen LogP contribution in [0.1, 0.15) is 36.4 Å². The van der Waals surface area contributed by atoms with Crippen LogP contribution in [0.4, 0.5) is 0 Å². The molecule has 0 saturated heterocycles. The molecule has 0 bridgehead atoms. The average Bonchev–Trinajstić information content (AvgIpc) is 2.64. The van der Waals surface area contributed by atoms with Crippen molar-refractivity contribution in [2.24, 2.45) is 0 Å². The number of aromatic nitrogens is 2. The molecule has 0 radical (unpaired) electrons. The van der Waals surface area contributed by atoms with Gasteiger partial charge in [0.25, 0.3) is 0 Å². The van der Waals surface area contributed by atoms with E-state index in [0.29, 0.717) is 0 Å². The minimum atomic E-state index is 0. The molecule has 25 heavy (non-hydrogen) atoms. The van der Waals surface area contributed by atoms with Crippen LogP contribution in [0.2, 0.25) is 0 Å². The van der Waals surface area contributed by atoms with E-state index in [1.165, 1.54) is 0 Å². The van der Waals surface area contributed by atoms with Gasteiger partial charge in [0.1, 0.15) is 0 Å². The molecule has 2 heterocycles. The summed E-state index contributed by atoms with van der Waals surface area (Å²) in [7, 11) is 0. The molecular weight excluding hydrogens is 399 g/mol. The topological polar surface area (TPSA) is 25.8 Å². The minimum Gasteiger partial charge on any atom is -0.304 e. The normalized spacial score (nSPS) is 11.8. The summed E-state index contributed by atoms with van der Waals surface area (Å²) in [5.41, 5.74) is 5.85. The summed E-state index contributed by atoms with van der Waals surface area (Å²) in [5.74, 6) is 0. The van der Waals surface area contributed by atoms with Crippen LogP contribution >= 0.6 is 0 Å². The quantitative estimate of drug-likeness (QED) is 0.442. The molecule has 0 amide bonds. The fourth-order valence-electron chi connectivity index (χ4n) is 2.40. The van der Waals surface area contributed by atoms with E-state index in [9.17, 15) is 0 Å². The molecule has 0 aliphatic rings. The van der Waals surface area contributed by atoms with Gasteiger partial charge in [0.05, 0.1) is 0 Å². The maximum Gasteiger partial charge on any atom is 2.00 e. The van der Waals surface area contributed by atoms with Gasteiger partial charge in [0, 0.05) is 12.4 Å². The van der Waals surface area contributed by atoms with Gasteiger partial charge >= 0.3 is 20.4 Å². The van der Waals surface area contributed by atoms with E-state index in [4.69, 9.17) is 0 Å². The minimum absolute atomic E-state index is 0. The van der Waals surface area contributed by atoms with Gasteiger partial charge in [-0.3, -0.25) is 0 Å². The zero-order valence-electron chi connectivity index (χ0n) is 14.1. The molecule has 126 valence electrons. The monoisotopic (exact) mass is 416 g/mol. The largest absolute Gasteiger partial charge is 2.00 e. The van der Waals surface area contributed by atoms with Crippen molar-refractivity contribution in [2.75, 3.05) is 0 Å². The maximum atomic E-state index is 4.38. The Bertz CT molecular complexity index is 794. The molecule has 0 unspecified atom stereocenters. The first-order valence-corrected chi connectivity index (χ1v) is 7.87. The fourth-order valence-corrected chi connectivity index (χ4v) is 2.40. The number of rotatable bonds is 4. The predicted octanol–water partition coefficient (Wildman–Crippen LogP) is 4.98. The number of hydrogen-bond donors (Lipinski definition) is 0. The van der Waals surface area contributed by atoms with Crippen LogP contribution in [0.5, 0.6) is 0 Å². The maximum absolute atomic E-state index is 4.38. The molecule has 2 aromatic heterocycles. The summed E-state index contributed by atoms with van der Waals surface area (Å²) in [6, 6.07) is 19.9. The number of pyridine rings is 2. The molecule has 3 rings (SSSR count). The van der Waals surface area contributed by atoms with E-state index < -0.39 is 0 Å². The Morgan fingerprint density at radius 2 is 1.04 bits per heavy atom. The van der Waals surface area contributed by atoms with Crippen molar-refractivity contribution in [3.8, 4) is 0 Å². The van der Waals surface area contributed by atoms with Crippen LogP contribution in [-0.4, -0.2) is 9.97 Å². The van der Waals surface area contributed by atoms with Crippen LogP contribution in [-0.2, 0) is 20.4 Å².